The molecule has 19 heteroatoms. The summed E-state index contributed by atoms with van der Waals surface area (Å²) in [6, 6.07) is 4.69. The van der Waals surface area contributed by atoms with Gasteiger partial charge in [0.25, 0.3) is 5.69 Å². The summed E-state index contributed by atoms with van der Waals surface area (Å²) in [7, 11) is -10.4. The summed E-state index contributed by atoms with van der Waals surface area (Å²) in [5.41, 5.74) is -0.124. The molecule has 0 radical (unpaired) electrons. The van der Waals surface area contributed by atoms with Crippen molar-refractivity contribution in [2.75, 3.05) is 0 Å². The van der Waals surface area contributed by atoms with Gasteiger partial charge in [0.15, 0.2) is 0 Å². The third-order valence-corrected chi connectivity index (χ3v) is 1.28. The van der Waals surface area contributed by atoms with Crippen molar-refractivity contribution in [1.82, 2.24) is 0 Å². The Kier molecular flexibility index (Phi) is 19.0. The van der Waals surface area contributed by atoms with E-state index in [1.54, 1.807) is 0 Å². The molecule has 11 nitrogen and oxygen atoms in total. The molecule has 0 saturated heterocycles. The zero-order valence-corrected chi connectivity index (χ0v) is 11.9. The monoisotopic (exact) mass is 377 g/mol. The highest BCUT2D eigenvalue weighted by molar-refractivity contribution is 6.34. The Balaban J connectivity index is -0.000000333. The van der Waals surface area contributed by atoms with Crippen molar-refractivity contribution in [3.05, 3.63) is 34.4 Å². The number of halogens is 4. The van der Waals surface area contributed by atoms with E-state index in [1.165, 1.54) is 12.1 Å². The number of hydrogen-bond acceptors (Lipinski definition) is 10. The number of nitro groups is 1. The first kappa shape index (κ1) is 27.9. The first-order valence-electron chi connectivity index (χ1n) is 5.53. The smallest absolute Gasteiger partial charge is 0.509 e. The van der Waals surface area contributed by atoms with E-state index in [0.717, 1.165) is 12.1 Å². The van der Waals surface area contributed by atoms with Gasteiger partial charge in [0.1, 0.15) is 5.75 Å². The van der Waals surface area contributed by atoms with E-state index < -0.39 is 34.5 Å². The van der Waals surface area contributed by atoms with E-state index in [-0.39, 0.29) is 11.4 Å². The highest BCUT2D eigenvalue weighted by Crippen LogP contribution is 2.17. The van der Waals surface area contributed by atoms with Crippen LogP contribution in [0, 0.1) is 10.1 Å². The second-order valence-electron chi connectivity index (χ2n) is 3.09. The molecule has 0 heterocycles. The molecule has 1 aromatic carbocycles. The fourth-order valence-electron chi connectivity index (χ4n) is 0.759. The maximum atomic E-state index is 11.8. The molecule has 7 N–H and O–H groups in total. The van der Waals surface area contributed by atoms with Crippen LogP contribution in [0.5, 0.6) is 5.75 Å². The van der Waals surface area contributed by atoms with Crippen molar-refractivity contribution in [2.45, 2.75) is 0 Å². The molecule has 0 fully saturated rings. The zero-order valence-electron chi connectivity index (χ0n) is 11.9. The Labute approximate surface area is 138 Å². The molecule has 0 aromatic heterocycles. The molecule has 25 heavy (non-hydrogen) atoms. The Morgan fingerprint density at radius 1 is 0.800 bits per heavy atom. The Bertz CT molecular complexity index is 419. The van der Waals surface area contributed by atoms with E-state index in [9.17, 15) is 27.4 Å². The van der Waals surface area contributed by atoms with E-state index in [2.05, 4.69) is 4.65 Å². The van der Waals surface area contributed by atoms with Gasteiger partial charge in [0.05, 0.1) is 4.92 Å². The molecular formula is C6H11B4F4NO10. The summed E-state index contributed by atoms with van der Waals surface area (Å²) in [6.45, 7) is 0. The molecule has 0 amide bonds. The number of non-ortho nitro benzene ring substituents is 1. The van der Waals surface area contributed by atoms with Gasteiger partial charge in [-0.2, -0.15) is 0 Å². The maximum absolute atomic E-state index is 11.8. The second-order valence-corrected chi connectivity index (χ2v) is 3.09. The van der Waals surface area contributed by atoms with Crippen LogP contribution in [0.1, 0.15) is 0 Å². The van der Waals surface area contributed by atoms with Gasteiger partial charge in [-0.25, -0.2) is 4.32 Å². The molecule has 0 saturated carbocycles. The van der Waals surface area contributed by atoms with Crippen LogP contribution in [-0.4, -0.2) is 69.7 Å². The second kappa shape index (κ2) is 17.0. The molecule has 0 atom stereocenters. The lowest BCUT2D eigenvalue weighted by Crippen LogP contribution is -2.14. The quantitative estimate of drug-likeness (QED) is 0.130. The summed E-state index contributed by atoms with van der Waals surface area (Å²) in [6.07, 6.45) is 0. The predicted octanol–water partition coefficient (Wildman–Crippen LogP) is -2.30. The standard InChI is InChI=1S/C6H5BFNO4.3BFH2O2/c8-7(10)13-6-3-1-5(2-4-6)9(11)12;3*2-1(3)4/h1-4,10H;3*3-4H. The maximum Gasteiger partial charge on any atom is 0.751 e. The summed E-state index contributed by atoms with van der Waals surface area (Å²) >= 11 is 0. The topological polar surface area (TPSA) is 194 Å². The summed E-state index contributed by atoms with van der Waals surface area (Å²) in [5.74, 6) is 0.0283. The number of hydrogen-bond donors (Lipinski definition) is 7. The van der Waals surface area contributed by atoms with Gasteiger partial charge in [-0.1, -0.05) is 0 Å². The highest BCUT2D eigenvalue weighted by Gasteiger charge is 2.14. The fraction of sp³-hybridized carbons (Fsp3) is 0. The van der Waals surface area contributed by atoms with Crippen LogP contribution >= 0.6 is 0 Å². The van der Waals surface area contributed by atoms with Gasteiger partial charge in [-0.3, -0.25) is 23.1 Å². The summed E-state index contributed by atoms with van der Waals surface area (Å²) in [5, 5.41) is 60.0. The minimum atomic E-state index is -2.67. The van der Waals surface area contributed by atoms with Crippen molar-refractivity contribution >= 4 is 35.3 Å². The molecule has 0 aliphatic rings. The lowest BCUT2D eigenvalue weighted by atomic mass is 10.2. The SMILES string of the molecule is O=[N+]([O-])c1ccc(OB(O)F)cc1.OB(O)F.OB(O)F.OB(O)F. The van der Waals surface area contributed by atoms with Gasteiger partial charge in [0, 0.05) is 12.1 Å². The minimum Gasteiger partial charge on any atom is -0.509 e. The fourth-order valence-corrected chi connectivity index (χ4v) is 0.759. The molecule has 0 unspecified atom stereocenters. The predicted molar refractivity (Wildman–Crippen MR) is 76.7 cm³/mol. The van der Waals surface area contributed by atoms with Crippen molar-refractivity contribution < 1.29 is 62.0 Å². The average Bonchev–Trinajstić information content (AvgIpc) is 2.36. The minimum absolute atomic E-state index is 0.0283. The number of rotatable bonds is 3. The third kappa shape index (κ3) is 34.5. The average molecular weight is 376 g/mol. The van der Waals surface area contributed by atoms with E-state index in [4.69, 9.17) is 35.2 Å². The van der Waals surface area contributed by atoms with Crippen molar-refractivity contribution in [3.8, 4) is 5.75 Å². The van der Waals surface area contributed by atoms with Crippen molar-refractivity contribution in [2.24, 2.45) is 0 Å². The Hall–Kier alpha value is -1.88. The number of benzene rings is 1. The summed E-state index contributed by atoms with van der Waals surface area (Å²) < 4.78 is 46.4. The van der Waals surface area contributed by atoms with Crippen LogP contribution in [-0.2, 0) is 0 Å². The van der Waals surface area contributed by atoms with E-state index >= 15 is 0 Å². The lowest BCUT2D eigenvalue weighted by molar-refractivity contribution is -0.384. The first-order valence-corrected chi connectivity index (χ1v) is 5.53. The van der Waals surface area contributed by atoms with Crippen LogP contribution in [0.25, 0.3) is 0 Å². The Morgan fingerprint density at radius 2 is 1.08 bits per heavy atom. The summed E-state index contributed by atoms with van der Waals surface area (Å²) in [4.78, 5) is 9.59. The molecule has 1 aromatic rings. The first-order chi connectivity index (χ1) is 11.3. The van der Waals surface area contributed by atoms with Crippen molar-refractivity contribution in [1.29, 1.82) is 0 Å². The molecular weight excluding hydrogens is 365 g/mol. The molecule has 0 bridgehead atoms. The third-order valence-electron chi connectivity index (χ3n) is 1.28. The van der Waals surface area contributed by atoms with Gasteiger partial charge in [0.2, 0.25) is 0 Å². The lowest BCUT2D eigenvalue weighted by Gasteiger charge is -2.01. The molecule has 1 rings (SSSR count). The largest absolute Gasteiger partial charge is 0.751 e. The molecule has 140 valence electrons. The Morgan fingerprint density at radius 3 is 1.28 bits per heavy atom. The number of nitrogens with zero attached hydrogens (tertiary/aromatic N) is 1. The number of nitro benzene ring substituents is 1. The van der Waals surface area contributed by atoms with Crippen molar-refractivity contribution in [3.63, 3.8) is 0 Å². The van der Waals surface area contributed by atoms with Crippen LogP contribution in [0.3, 0.4) is 0 Å². The van der Waals surface area contributed by atoms with E-state index in [0.29, 0.717) is 0 Å². The van der Waals surface area contributed by atoms with Crippen LogP contribution in [0.15, 0.2) is 24.3 Å². The van der Waals surface area contributed by atoms with Crippen LogP contribution in [0.2, 0.25) is 0 Å². The normalized spacial score (nSPS) is 8.12. The van der Waals surface area contributed by atoms with Gasteiger partial charge >= 0.3 is 29.6 Å². The van der Waals surface area contributed by atoms with Gasteiger partial charge in [-0.05, 0) is 12.1 Å². The van der Waals surface area contributed by atoms with Crippen LogP contribution < -0.4 is 4.65 Å². The molecule has 0 aliphatic carbocycles. The highest BCUT2D eigenvalue weighted by atomic mass is 19.1. The van der Waals surface area contributed by atoms with E-state index in [1.807, 2.05) is 0 Å². The zero-order chi connectivity index (χ0) is 20.6. The molecule has 0 spiro atoms. The molecule has 0 aliphatic heterocycles. The van der Waals surface area contributed by atoms with Gasteiger partial charge in [-0.15, -0.1) is 0 Å². The van der Waals surface area contributed by atoms with Gasteiger partial charge < -0.3 is 39.8 Å². The van der Waals surface area contributed by atoms with Crippen LogP contribution in [0.4, 0.5) is 23.0 Å².